The molecule has 0 aliphatic rings. The Bertz CT molecular complexity index is 631. The van der Waals surface area contributed by atoms with Crippen molar-refractivity contribution >= 4 is 27.5 Å². The number of carbonyl (C=O) groups excluding carboxylic acids is 1. The Morgan fingerprint density at radius 1 is 1.35 bits per heavy atom. The summed E-state index contributed by atoms with van der Waals surface area (Å²) in [5.41, 5.74) is -0.298. The van der Waals surface area contributed by atoms with Crippen LogP contribution in [0, 0.1) is 0 Å². The average molecular weight is 331 g/mol. The minimum atomic E-state index is -4.56. The van der Waals surface area contributed by atoms with E-state index in [0.717, 1.165) is 25.2 Å². The summed E-state index contributed by atoms with van der Waals surface area (Å²) in [5.74, 6) is -1.02. The van der Waals surface area contributed by atoms with Crippen molar-refractivity contribution in [1.29, 1.82) is 0 Å². The van der Waals surface area contributed by atoms with Crippen LogP contribution in [0.1, 0.15) is 10.4 Å². The van der Waals surface area contributed by atoms with Crippen LogP contribution in [0.15, 0.2) is 23.1 Å². The molecule has 5 nitrogen and oxygen atoms in total. The molecule has 112 valence electrons. The number of nitrogens with zero attached hydrogens (tertiary/aromatic N) is 1. The minimum absolute atomic E-state index is 0.125. The van der Waals surface area contributed by atoms with Crippen LogP contribution < -0.4 is 5.14 Å². The van der Waals surface area contributed by atoms with Crippen LogP contribution in [0.25, 0.3) is 0 Å². The number of alkyl halides is 3. The van der Waals surface area contributed by atoms with Gasteiger partial charge >= 0.3 is 6.18 Å². The molecule has 0 heterocycles. The molecule has 0 aliphatic heterocycles. The largest absolute Gasteiger partial charge is 0.406 e. The van der Waals surface area contributed by atoms with Crippen molar-refractivity contribution in [3.8, 4) is 0 Å². The highest BCUT2D eigenvalue weighted by molar-refractivity contribution is 7.89. The highest BCUT2D eigenvalue weighted by Crippen LogP contribution is 2.21. The summed E-state index contributed by atoms with van der Waals surface area (Å²) < 4.78 is 58.9. The minimum Gasteiger partial charge on any atom is -0.333 e. The molecular weight excluding hydrogens is 321 g/mol. The average Bonchev–Trinajstić information content (AvgIpc) is 2.23. The molecule has 0 aromatic heterocycles. The first-order chi connectivity index (χ1) is 8.90. The Hall–Kier alpha value is -1.32. The van der Waals surface area contributed by atoms with Gasteiger partial charge in [0, 0.05) is 17.6 Å². The molecule has 1 rings (SSSR count). The molecule has 10 heteroatoms. The van der Waals surface area contributed by atoms with Gasteiger partial charge in [-0.25, -0.2) is 13.6 Å². The first kappa shape index (κ1) is 16.7. The van der Waals surface area contributed by atoms with Crippen molar-refractivity contribution in [2.24, 2.45) is 5.14 Å². The zero-order valence-corrected chi connectivity index (χ0v) is 11.7. The molecule has 0 unspecified atom stereocenters. The van der Waals surface area contributed by atoms with Gasteiger partial charge in [-0.05, 0) is 18.2 Å². The lowest BCUT2D eigenvalue weighted by atomic mass is 10.2. The van der Waals surface area contributed by atoms with Crippen LogP contribution in [0.2, 0.25) is 5.02 Å². The molecule has 0 spiro atoms. The summed E-state index contributed by atoms with van der Waals surface area (Å²) in [4.78, 5) is 11.7. The van der Waals surface area contributed by atoms with Gasteiger partial charge in [0.1, 0.15) is 6.54 Å². The van der Waals surface area contributed by atoms with Crippen molar-refractivity contribution in [1.82, 2.24) is 4.90 Å². The van der Waals surface area contributed by atoms with Crippen molar-refractivity contribution < 1.29 is 26.4 Å². The van der Waals surface area contributed by atoms with Crippen LogP contribution in [-0.4, -0.2) is 39.0 Å². The predicted molar refractivity (Wildman–Crippen MR) is 65.8 cm³/mol. The predicted octanol–water partition coefficient (Wildman–Crippen LogP) is 1.62. The number of carbonyl (C=O) groups is 1. The van der Waals surface area contributed by atoms with E-state index in [1.54, 1.807) is 0 Å². The molecular formula is C10H10ClF3N2O3S. The highest BCUT2D eigenvalue weighted by Gasteiger charge is 2.31. The Morgan fingerprint density at radius 3 is 2.35 bits per heavy atom. The van der Waals surface area contributed by atoms with Gasteiger partial charge in [0.25, 0.3) is 5.91 Å². The van der Waals surface area contributed by atoms with E-state index in [1.165, 1.54) is 0 Å². The molecule has 0 saturated carbocycles. The molecule has 1 aromatic rings. The number of halogens is 4. The number of sulfonamides is 1. The SMILES string of the molecule is CN(CC(F)(F)F)C(=O)c1cc(Cl)cc(S(N)(=O)=O)c1. The van der Waals surface area contributed by atoms with Gasteiger partial charge in [-0.2, -0.15) is 13.2 Å². The molecule has 2 N–H and O–H groups in total. The van der Waals surface area contributed by atoms with E-state index in [2.05, 4.69) is 0 Å². The second kappa shape index (κ2) is 5.58. The van der Waals surface area contributed by atoms with E-state index in [-0.39, 0.29) is 10.6 Å². The first-order valence-corrected chi connectivity index (χ1v) is 6.98. The maximum absolute atomic E-state index is 12.2. The molecule has 1 amide bonds. The summed E-state index contributed by atoms with van der Waals surface area (Å²) in [6, 6.07) is 2.93. The van der Waals surface area contributed by atoms with Crippen molar-refractivity contribution in [2.45, 2.75) is 11.1 Å². The van der Waals surface area contributed by atoms with Crippen LogP contribution in [0.3, 0.4) is 0 Å². The first-order valence-electron chi connectivity index (χ1n) is 5.06. The lowest BCUT2D eigenvalue weighted by Gasteiger charge is -2.19. The molecule has 0 bridgehead atoms. The van der Waals surface area contributed by atoms with Crippen molar-refractivity contribution in [3.63, 3.8) is 0 Å². The standard InChI is InChI=1S/C10H10ClF3N2O3S/c1-16(5-10(12,13)14)9(17)6-2-7(11)4-8(3-6)20(15,18)19/h2-4H,5H2,1H3,(H2,15,18,19). The maximum atomic E-state index is 12.2. The number of rotatable bonds is 3. The fraction of sp³-hybridized carbons (Fsp3) is 0.300. The summed E-state index contributed by atoms with van der Waals surface area (Å²) in [7, 11) is -3.18. The molecule has 1 aromatic carbocycles. The fourth-order valence-electron chi connectivity index (χ4n) is 1.41. The summed E-state index contributed by atoms with van der Waals surface area (Å²) in [6.07, 6.45) is -4.56. The van der Waals surface area contributed by atoms with Gasteiger partial charge in [0.05, 0.1) is 4.90 Å². The van der Waals surface area contributed by atoms with E-state index in [9.17, 15) is 26.4 Å². The van der Waals surface area contributed by atoms with Crippen LogP contribution in [0.5, 0.6) is 0 Å². The number of benzene rings is 1. The third kappa shape index (κ3) is 4.66. The lowest BCUT2D eigenvalue weighted by Crippen LogP contribution is -2.35. The van der Waals surface area contributed by atoms with Crippen LogP contribution in [0.4, 0.5) is 13.2 Å². The molecule has 0 saturated heterocycles. The van der Waals surface area contributed by atoms with E-state index in [1.807, 2.05) is 0 Å². The van der Waals surface area contributed by atoms with E-state index >= 15 is 0 Å². The van der Waals surface area contributed by atoms with Crippen molar-refractivity contribution in [2.75, 3.05) is 13.6 Å². The number of nitrogens with two attached hydrogens (primary N) is 1. The number of amides is 1. The zero-order chi connectivity index (χ0) is 15.7. The Labute approximate surface area is 118 Å². The fourth-order valence-corrected chi connectivity index (χ4v) is 2.29. The van der Waals surface area contributed by atoms with Gasteiger partial charge in [0.2, 0.25) is 10.0 Å². The zero-order valence-electron chi connectivity index (χ0n) is 10.1. The van der Waals surface area contributed by atoms with Crippen LogP contribution >= 0.6 is 11.6 Å². The monoisotopic (exact) mass is 330 g/mol. The summed E-state index contributed by atoms with van der Waals surface area (Å²) in [6.45, 7) is -1.47. The number of hydrogen-bond acceptors (Lipinski definition) is 3. The van der Waals surface area contributed by atoms with Gasteiger partial charge in [-0.1, -0.05) is 11.6 Å². The molecule has 0 atom stereocenters. The molecule has 20 heavy (non-hydrogen) atoms. The van der Waals surface area contributed by atoms with Crippen molar-refractivity contribution in [3.05, 3.63) is 28.8 Å². The summed E-state index contributed by atoms with van der Waals surface area (Å²) >= 11 is 5.62. The highest BCUT2D eigenvalue weighted by atomic mass is 35.5. The Morgan fingerprint density at radius 2 is 1.90 bits per heavy atom. The third-order valence-corrected chi connectivity index (χ3v) is 3.32. The second-order valence-corrected chi connectivity index (χ2v) is 5.99. The molecule has 0 fully saturated rings. The van der Waals surface area contributed by atoms with E-state index in [4.69, 9.17) is 16.7 Å². The van der Waals surface area contributed by atoms with E-state index in [0.29, 0.717) is 4.90 Å². The number of primary sulfonamides is 1. The Balaban J connectivity index is 3.14. The van der Waals surface area contributed by atoms with Gasteiger partial charge < -0.3 is 4.90 Å². The van der Waals surface area contributed by atoms with Gasteiger partial charge in [-0.3, -0.25) is 4.79 Å². The maximum Gasteiger partial charge on any atom is 0.406 e. The smallest absolute Gasteiger partial charge is 0.333 e. The quantitative estimate of drug-likeness (QED) is 0.914. The molecule has 0 radical (unpaired) electrons. The third-order valence-electron chi connectivity index (χ3n) is 2.21. The number of hydrogen-bond donors (Lipinski definition) is 1. The normalized spacial score (nSPS) is 12.3. The summed E-state index contributed by atoms with van der Waals surface area (Å²) in [5, 5.41) is 4.76. The topological polar surface area (TPSA) is 80.5 Å². The lowest BCUT2D eigenvalue weighted by molar-refractivity contribution is -0.138. The van der Waals surface area contributed by atoms with Crippen LogP contribution in [-0.2, 0) is 10.0 Å². The van der Waals surface area contributed by atoms with Gasteiger partial charge in [0.15, 0.2) is 0 Å². The second-order valence-electron chi connectivity index (χ2n) is 4.00. The van der Waals surface area contributed by atoms with Gasteiger partial charge in [-0.15, -0.1) is 0 Å². The molecule has 0 aliphatic carbocycles. The van der Waals surface area contributed by atoms with E-state index < -0.39 is 33.5 Å². The Kier molecular flexibility index (Phi) is 4.67.